The molecular weight excluding hydrogens is 324 g/mol. The summed E-state index contributed by atoms with van der Waals surface area (Å²) in [7, 11) is 1.59. The van der Waals surface area contributed by atoms with Crippen LogP contribution in [0.15, 0.2) is 36.1 Å². The van der Waals surface area contributed by atoms with Crippen LogP contribution in [0, 0.1) is 5.92 Å². The summed E-state index contributed by atoms with van der Waals surface area (Å²) in [6, 6.07) is 7.30. The Labute approximate surface area is 146 Å². The van der Waals surface area contributed by atoms with Crippen LogP contribution in [0.1, 0.15) is 38.2 Å². The maximum Gasteiger partial charge on any atom is 0.324 e. The molecule has 2 heterocycles. The zero-order valence-electron chi connectivity index (χ0n) is 14.6. The fourth-order valence-electron chi connectivity index (χ4n) is 3.25. The number of carbonyl (C=O) groups is 2. The van der Waals surface area contributed by atoms with Crippen LogP contribution in [0.5, 0.6) is 5.75 Å². The lowest BCUT2D eigenvalue weighted by molar-refractivity contribution is -0.240. The Morgan fingerprint density at radius 2 is 1.76 bits per heavy atom. The third-order valence-electron chi connectivity index (χ3n) is 4.37. The molecule has 1 aromatic rings. The molecule has 0 saturated carbocycles. The van der Waals surface area contributed by atoms with Crippen molar-refractivity contribution in [2.75, 3.05) is 13.7 Å². The molecule has 0 N–H and O–H groups in total. The fraction of sp³-hybridized carbons (Fsp3) is 0.474. The highest BCUT2D eigenvalue weighted by Crippen LogP contribution is 2.40. The summed E-state index contributed by atoms with van der Waals surface area (Å²) in [6.45, 7) is 3.72. The normalized spacial score (nSPS) is 21.5. The molecule has 1 aromatic carbocycles. The van der Waals surface area contributed by atoms with Gasteiger partial charge in [-0.3, -0.25) is 9.59 Å². The van der Waals surface area contributed by atoms with Crippen LogP contribution in [0.4, 0.5) is 0 Å². The number of benzene rings is 1. The molecule has 0 amide bonds. The molecule has 0 radical (unpaired) electrons. The summed E-state index contributed by atoms with van der Waals surface area (Å²) in [5.74, 6) is -3.22. The Morgan fingerprint density at radius 1 is 1.12 bits per heavy atom. The van der Waals surface area contributed by atoms with Gasteiger partial charge in [0.1, 0.15) is 5.75 Å². The van der Waals surface area contributed by atoms with Crippen LogP contribution in [-0.2, 0) is 23.8 Å². The minimum atomic E-state index is -1.24. The Kier molecular flexibility index (Phi) is 4.70. The van der Waals surface area contributed by atoms with Gasteiger partial charge < -0.3 is 18.9 Å². The third-order valence-corrected chi connectivity index (χ3v) is 4.37. The van der Waals surface area contributed by atoms with E-state index in [0.29, 0.717) is 12.4 Å². The van der Waals surface area contributed by atoms with Crippen LogP contribution in [-0.4, -0.2) is 31.4 Å². The van der Waals surface area contributed by atoms with Gasteiger partial charge in [-0.2, -0.15) is 0 Å². The average Bonchev–Trinajstić information content (AvgIpc) is 2.58. The number of hydrogen-bond acceptors (Lipinski definition) is 6. The molecule has 1 atom stereocenters. The number of allylic oxidation sites excluding steroid dienone is 1. The van der Waals surface area contributed by atoms with Gasteiger partial charge in [0.05, 0.1) is 20.0 Å². The Morgan fingerprint density at radius 3 is 2.28 bits per heavy atom. The topological polar surface area (TPSA) is 71.1 Å². The van der Waals surface area contributed by atoms with E-state index in [0.717, 1.165) is 24.0 Å². The molecular formula is C19H22O6. The smallest absolute Gasteiger partial charge is 0.324 e. The second kappa shape index (κ2) is 6.78. The molecule has 0 aromatic heterocycles. The molecule has 25 heavy (non-hydrogen) atoms. The number of carbonyl (C=O) groups excluding carboxylic acids is 2. The van der Waals surface area contributed by atoms with Crippen molar-refractivity contribution in [1.29, 1.82) is 0 Å². The van der Waals surface area contributed by atoms with Crippen LogP contribution >= 0.6 is 0 Å². The van der Waals surface area contributed by atoms with Crippen LogP contribution in [0.3, 0.4) is 0 Å². The first kappa shape index (κ1) is 17.3. The zero-order chi connectivity index (χ0) is 18.0. The number of cyclic esters (lactones) is 2. The molecule has 6 nitrogen and oxygen atoms in total. The van der Waals surface area contributed by atoms with Crippen LogP contribution in [0.25, 0.3) is 0 Å². The first-order valence-electron chi connectivity index (χ1n) is 8.31. The molecule has 1 saturated heterocycles. The quantitative estimate of drug-likeness (QED) is 0.617. The van der Waals surface area contributed by atoms with E-state index in [1.165, 1.54) is 0 Å². The van der Waals surface area contributed by atoms with Crippen molar-refractivity contribution in [3.05, 3.63) is 41.7 Å². The van der Waals surface area contributed by atoms with Crippen LogP contribution < -0.4 is 4.74 Å². The predicted molar refractivity (Wildman–Crippen MR) is 88.8 cm³/mol. The van der Waals surface area contributed by atoms with E-state index in [-0.39, 0.29) is 0 Å². The number of rotatable bonds is 4. The summed E-state index contributed by atoms with van der Waals surface area (Å²) in [5, 5.41) is 0. The summed E-state index contributed by atoms with van der Waals surface area (Å²) in [6.07, 6.45) is 3.23. The highest BCUT2D eigenvalue weighted by molar-refractivity contribution is 5.98. The monoisotopic (exact) mass is 346 g/mol. The minimum Gasteiger partial charge on any atom is -0.501 e. The molecule has 3 rings (SSSR count). The lowest BCUT2D eigenvalue weighted by Gasteiger charge is -2.37. The minimum absolute atomic E-state index is 0.484. The van der Waals surface area contributed by atoms with Crippen molar-refractivity contribution in [3.8, 4) is 5.75 Å². The number of hydrogen-bond donors (Lipinski definition) is 0. The van der Waals surface area contributed by atoms with Crippen molar-refractivity contribution in [1.82, 2.24) is 0 Å². The first-order valence-corrected chi connectivity index (χ1v) is 8.31. The van der Waals surface area contributed by atoms with Crippen molar-refractivity contribution >= 4 is 11.9 Å². The highest BCUT2D eigenvalue weighted by atomic mass is 16.7. The number of ether oxygens (including phenoxy) is 4. The van der Waals surface area contributed by atoms with E-state index in [2.05, 4.69) is 0 Å². The Bertz CT molecular complexity index is 668. The van der Waals surface area contributed by atoms with E-state index in [1.807, 2.05) is 12.1 Å². The molecule has 1 unspecified atom stereocenters. The van der Waals surface area contributed by atoms with E-state index < -0.39 is 29.6 Å². The highest BCUT2D eigenvalue weighted by Gasteiger charge is 2.48. The summed E-state index contributed by atoms with van der Waals surface area (Å²) in [4.78, 5) is 25.2. The predicted octanol–water partition coefficient (Wildman–Crippen LogP) is 2.93. The standard InChI is InChI=1S/C19H22O6/c1-19(2)24-17(20)16(18(21)25-19)15(13-5-4-10-23-11-13)12-6-8-14(22-3)9-7-12/h6-9,11,15-16H,4-5,10H2,1-3H3. The average molecular weight is 346 g/mol. The number of methoxy groups -OCH3 is 1. The van der Waals surface area contributed by atoms with E-state index in [4.69, 9.17) is 18.9 Å². The summed E-state index contributed by atoms with van der Waals surface area (Å²) in [5.41, 5.74) is 1.70. The van der Waals surface area contributed by atoms with Gasteiger partial charge >= 0.3 is 11.9 Å². The van der Waals surface area contributed by atoms with Crippen molar-refractivity contribution in [2.24, 2.45) is 5.92 Å². The van der Waals surface area contributed by atoms with Gasteiger partial charge in [-0.25, -0.2) is 0 Å². The van der Waals surface area contributed by atoms with Gasteiger partial charge in [0.2, 0.25) is 0 Å². The molecule has 0 spiro atoms. The SMILES string of the molecule is COc1ccc(C(C2=COCCC2)C2C(=O)OC(C)(C)OC2=O)cc1. The van der Waals surface area contributed by atoms with Crippen molar-refractivity contribution < 1.29 is 28.5 Å². The maximum absolute atomic E-state index is 12.6. The lowest BCUT2D eigenvalue weighted by atomic mass is 9.78. The molecule has 0 aliphatic carbocycles. The first-order chi connectivity index (χ1) is 11.9. The van der Waals surface area contributed by atoms with Gasteiger partial charge in [-0.1, -0.05) is 12.1 Å². The van der Waals surface area contributed by atoms with Gasteiger partial charge in [-0.15, -0.1) is 0 Å². The number of esters is 2. The largest absolute Gasteiger partial charge is 0.501 e. The molecule has 1 fully saturated rings. The Hall–Kier alpha value is -2.50. The molecule has 0 bridgehead atoms. The van der Waals surface area contributed by atoms with E-state index >= 15 is 0 Å². The van der Waals surface area contributed by atoms with Gasteiger partial charge in [0.25, 0.3) is 5.79 Å². The van der Waals surface area contributed by atoms with Gasteiger partial charge in [-0.05, 0) is 36.1 Å². The van der Waals surface area contributed by atoms with Gasteiger partial charge in [0, 0.05) is 19.8 Å². The fourth-order valence-corrected chi connectivity index (χ4v) is 3.25. The lowest BCUT2D eigenvalue weighted by Crippen LogP contribution is -2.48. The van der Waals surface area contributed by atoms with Crippen LogP contribution in [0.2, 0.25) is 0 Å². The van der Waals surface area contributed by atoms with Crippen molar-refractivity contribution in [2.45, 2.75) is 38.4 Å². The molecule has 2 aliphatic heterocycles. The summed E-state index contributed by atoms with van der Waals surface area (Å²) >= 11 is 0. The molecule has 134 valence electrons. The van der Waals surface area contributed by atoms with Crippen molar-refractivity contribution in [3.63, 3.8) is 0 Å². The summed E-state index contributed by atoms with van der Waals surface area (Å²) < 4.78 is 21.3. The Balaban J connectivity index is 2.00. The maximum atomic E-state index is 12.6. The molecule has 2 aliphatic rings. The molecule has 6 heteroatoms. The van der Waals surface area contributed by atoms with E-state index in [1.54, 1.807) is 39.4 Å². The van der Waals surface area contributed by atoms with Gasteiger partial charge in [0.15, 0.2) is 5.92 Å². The van der Waals surface area contributed by atoms with E-state index in [9.17, 15) is 9.59 Å². The second-order valence-corrected chi connectivity index (χ2v) is 6.64. The second-order valence-electron chi connectivity index (χ2n) is 6.64. The third kappa shape index (κ3) is 3.62. The zero-order valence-corrected chi connectivity index (χ0v) is 14.6.